The highest BCUT2D eigenvalue weighted by Crippen LogP contribution is 2.26. The normalized spacial score (nSPS) is 17.9. The fourth-order valence-corrected chi connectivity index (χ4v) is 3.24. The van der Waals surface area contributed by atoms with Crippen LogP contribution in [0, 0.1) is 6.92 Å². The minimum absolute atomic E-state index is 0.0103. The van der Waals surface area contributed by atoms with Crippen molar-refractivity contribution in [2.24, 2.45) is 0 Å². The first kappa shape index (κ1) is 17.5. The van der Waals surface area contributed by atoms with E-state index < -0.39 is 0 Å². The van der Waals surface area contributed by atoms with Crippen LogP contribution >= 0.6 is 0 Å². The SMILES string of the molecule is Cc1ncc(C(=O)N2CCCC(c3nccn3CCN(C)C)C2)cn1. The summed E-state index contributed by atoms with van der Waals surface area (Å²) in [6.07, 6.45) is 9.18. The fourth-order valence-electron chi connectivity index (χ4n) is 3.24. The van der Waals surface area contributed by atoms with Gasteiger partial charge < -0.3 is 14.4 Å². The summed E-state index contributed by atoms with van der Waals surface area (Å²) in [4.78, 5) is 29.7. The van der Waals surface area contributed by atoms with Gasteiger partial charge in [0.1, 0.15) is 11.6 Å². The summed E-state index contributed by atoms with van der Waals surface area (Å²) in [6, 6.07) is 0. The number of aryl methyl sites for hydroxylation is 1. The van der Waals surface area contributed by atoms with Gasteiger partial charge in [-0.1, -0.05) is 0 Å². The molecule has 2 aromatic rings. The molecule has 134 valence electrons. The van der Waals surface area contributed by atoms with Crippen molar-refractivity contribution < 1.29 is 4.79 Å². The van der Waals surface area contributed by atoms with Crippen LogP contribution in [0.3, 0.4) is 0 Å². The van der Waals surface area contributed by atoms with Crippen molar-refractivity contribution in [2.75, 3.05) is 33.7 Å². The van der Waals surface area contributed by atoms with Gasteiger partial charge >= 0.3 is 0 Å². The third kappa shape index (κ3) is 4.22. The first-order valence-electron chi connectivity index (χ1n) is 8.78. The average molecular weight is 342 g/mol. The van der Waals surface area contributed by atoms with E-state index in [4.69, 9.17) is 0 Å². The summed E-state index contributed by atoms with van der Waals surface area (Å²) in [5.41, 5.74) is 0.558. The van der Waals surface area contributed by atoms with Crippen molar-refractivity contribution in [1.82, 2.24) is 29.3 Å². The van der Waals surface area contributed by atoms with Gasteiger partial charge in [-0.25, -0.2) is 15.0 Å². The van der Waals surface area contributed by atoms with Crippen LogP contribution in [0.4, 0.5) is 0 Å². The first-order chi connectivity index (χ1) is 12.0. The Labute approximate surface area is 148 Å². The first-order valence-corrected chi connectivity index (χ1v) is 8.78. The molecular weight excluding hydrogens is 316 g/mol. The summed E-state index contributed by atoms with van der Waals surface area (Å²) in [7, 11) is 4.14. The Balaban J connectivity index is 1.70. The van der Waals surface area contributed by atoms with Crippen LogP contribution in [0.5, 0.6) is 0 Å². The van der Waals surface area contributed by atoms with E-state index in [1.165, 1.54) is 0 Å². The highest BCUT2D eigenvalue weighted by molar-refractivity contribution is 5.93. The molecule has 1 fully saturated rings. The molecule has 0 aromatic carbocycles. The third-order valence-electron chi connectivity index (χ3n) is 4.64. The Morgan fingerprint density at radius 1 is 1.28 bits per heavy atom. The van der Waals surface area contributed by atoms with Crippen molar-refractivity contribution >= 4 is 5.91 Å². The monoisotopic (exact) mass is 342 g/mol. The lowest BCUT2D eigenvalue weighted by Gasteiger charge is -2.32. The number of piperidine rings is 1. The summed E-state index contributed by atoms with van der Waals surface area (Å²) >= 11 is 0. The number of likely N-dealkylation sites (tertiary alicyclic amines) is 1. The van der Waals surface area contributed by atoms with Crippen molar-refractivity contribution in [3.05, 3.63) is 42.0 Å². The second kappa shape index (κ2) is 7.74. The van der Waals surface area contributed by atoms with Gasteiger partial charge in [0.15, 0.2) is 0 Å². The number of imidazole rings is 1. The minimum atomic E-state index is 0.0103. The maximum absolute atomic E-state index is 12.7. The van der Waals surface area contributed by atoms with E-state index in [1.807, 2.05) is 24.2 Å². The molecule has 25 heavy (non-hydrogen) atoms. The maximum atomic E-state index is 12.7. The lowest BCUT2D eigenvalue weighted by Crippen LogP contribution is -2.40. The number of hydrogen-bond acceptors (Lipinski definition) is 5. The standard InChI is InChI=1S/C18H26N6O/c1-14-20-11-16(12-21-14)18(25)24-7-4-5-15(13-24)17-19-6-8-23(17)10-9-22(2)3/h6,8,11-12,15H,4-5,7,9-10,13H2,1-3H3. The van der Waals surface area contributed by atoms with E-state index in [0.29, 0.717) is 17.9 Å². The van der Waals surface area contributed by atoms with Gasteiger partial charge in [0, 0.05) is 56.9 Å². The van der Waals surface area contributed by atoms with Crippen molar-refractivity contribution in [2.45, 2.75) is 32.2 Å². The molecule has 0 radical (unpaired) electrons. The maximum Gasteiger partial charge on any atom is 0.257 e. The molecular formula is C18H26N6O. The molecule has 1 amide bonds. The molecule has 0 saturated carbocycles. The molecule has 3 rings (SSSR count). The molecule has 2 aromatic heterocycles. The molecule has 1 unspecified atom stereocenters. The van der Waals surface area contributed by atoms with Gasteiger partial charge in [0.25, 0.3) is 5.91 Å². The van der Waals surface area contributed by atoms with E-state index in [0.717, 1.165) is 38.3 Å². The van der Waals surface area contributed by atoms with Crippen molar-refractivity contribution in [1.29, 1.82) is 0 Å². The lowest BCUT2D eigenvalue weighted by molar-refractivity contribution is 0.0702. The molecule has 0 bridgehead atoms. The fraction of sp³-hybridized carbons (Fsp3) is 0.556. The second-order valence-corrected chi connectivity index (χ2v) is 6.89. The molecule has 7 nitrogen and oxygen atoms in total. The van der Waals surface area contributed by atoms with Crippen LogP contribution in [0.2, 0.25) is 0 Å². The summed E-state index contributed by atoms with van der Waals surface area (Å²) < 4.78 is 2.22. The zero-order chi connectivity index (χ0) is 17.8. The topological polar surface area (TPSA) is 67.2 Å². The Morgan fingerprint density at radius 3 is 2.76 bits per heavy atom. The third-order valence-corrected chi connectivity index (χ3v) is 4.64. The van der Waals surface area contributed by atoms with Gasteiger partial charge in [-0.2, -0.15) is 0 Å². The zero-order valence-electron chi connectivity index (χ0n) is 15.2. The van der Waals surface area contributed by atoms with Crippen LogP contribution in [0.1, 0.15) is 40.8 Å². The number of aromatic nitrogens is 4. The summed E-state index contributed by atoms with van der Waals surface area (Å²) in [5, 5.41) is 0. The Kier molecular flexibility index (Phi) is 5.43. The largest absolute Gasteiger partial charge is 0.338 e. The van der Waals surface area contributed by atoms with Gasteiger partial charge in [-0.15, -0.1) is 0 Å². The molecule has 0 N–H and O–H groups in total. The number of nitrogens with zero attached hydrogens (tertiary/aromatic N) is 6. The van der Waals surface area contributed by atoms with Crippen LogP contribution < -0.4 is 0 Å². The predicted octanol–water partition coefficient (Wildman–Crippen LogP) is 1.56. The molecule has 1 atom stereocenters. The van der Waals surface area contributed by atoms with Gasteiger partial charge in [0.05, 0.1) is 5.56 Å². The highest BCUT2D eigenvalue weighted by atomic mass is 16.2. The van der Waals surface area contributed by atoms with Crippen LogP contribution in [0.25, 0.3) is 0 Å². The van der Waals surface area contributed by atoms with E-state index >= 15 is 0 Å². The lowest BCUT2D eigenvalue weighted by atomic mass is 9.96. The van der Waals surface area contributed by atoms with E-state index in [9.17, 15) is 4.79 Å². The smallest absolute Gasteiger partial charge is 0.257 e. The van der Waals surface area contributed by atoms with Gasteiger partial charge in [0.2, 0.25) is 0 Å². The molecule has 0 spiro atoms. The molecule has 3 heterocycles. The number of amides is 1. The molecule has 1 aliphatic rings. The zero-order valence-corrected chi connectivity index (χ0v) is 15.2. The van der Waals surface area contributed by atoms with E-state index in [2.05, 4.69) is 38.5 Å². The van der Waals surface area contributed by atoms with Crippen molar-refractivity contribution in [3.8, 4) is 0 Å². The Bertz CT molecular complexity index is 709. The van der Waals surface area contributed by atoms with Crippen LogP contribution in [-0.2, 0) is 6.54 Å². The van der Waals surface area contributed by atoms with Gasteiger partial charge in [-0.3, -0.25) is 4.79 Å². The van der Waals surface area contributed by atoms with E-state index in [1.54, 1.807) is 12.4 Å². The van der Waals surface area contributed by atoms with Crippen LogP contribution in [0.15, 0.2) is 24.8 Å². The van der Waals surface area contributed by atoms with Crippen LogP contribution in [-0.4, -0.2) is 69.0 Å². The summed E-state index contributed by atoms with van der Waals surface area (Å²) in [6.45, 7) is 5.18. The number of carbonyl (C=O) groups excluding carboxylic acids is 1. The Hall–Kier alpha value is -2.28. The molecule has 1 aliphatic heterocycles. The average Bonchev–Trinajstić information content (AvgIpc) is 3.09. The number of likely N-dealkylation sites (N-methyl/N-ethyl adjacent to an activating group) is 1. The highest BCUT2D eigenvalue weighted by Gasteiger charge is 2.28. The van der Waals surface area contributed by atoms with Gasteiger partial charge in [-0.05, 0) is 33.9 Å². The molecule has 0 aliphatic carbocycles. The quantitative estimate of drug-likeness (QED) is 0.825. The van der Waals surface area contributed by atoms with Crippen molar-refractivity contribution in [3.63, 3.8) is 0 Å². The molecule has 1 saturated heterocycles. The number of carbonyl (C=O) groups is 1. The predicted molar refractivity (Wildman–Crippen MR) is 95.4 cm³/mol. The molecule has 7 heteroatoms. The number of hydrogen-bond donors (Lipinski definition) is 0. The summed E-state index contributed by atoms with van der Waals surface area (Å²) in [5.74, 6) is 2.05. The second-order valence-electron chi connectivity index (χ2n) is 6.89. The minimum Gasteiger partial charge on any atom is -0.338 e. The van der Waals surface area contributed by atoms with E-state index in [-0.39, 0.29) is 11.8 Å². The Morgan fingerprint density at radius 2 is 2.04 bits per heavy atom. The number of rotatable bonds is 5.